The van der Waals surface area contributed by atoms with Gasteiger partial charge in [0.1, 0.15) is 23.8 Å². The Morgan fingerprint density at radius 2 is 1.86 bits per heavy atom. The Hall–Kier alpha value is -4.06. The largest absolute Gasteiger partial charge is 0.416 e. The Bertz CT molecular complexity index is 1220. The van der Waals surface area contributed by atoms with Crippen molar-refractivity contribution in [3.05, 3.63) is 71.2 Å². The summed E-state index contributed by atoms with van der Waals surface area (Å²) in [4.78, 5) is 24.6. The number of anilines is 3. The zero-order valence-electron chi connectivity index (χ0n) is 18.5. The van der Waals surface area contributed by atoms with E-state index in [0.29, 0.717) is 16.9 Å². The van der Waals surface area contributed by atoms with E-state index in [1.54, 1.807) is 12.1 Å². The molecular weight excluding hydrogens is 461 g/mol. The molecule has 1 amide bonds. The number of piperidine rings is 1. The van der Waals surface area contributed by atoms with E-state index in [4.69, 9.17) is 11.1 Å². The summed E-state index contributed by atoms with van der Waals surface area (Å²) in [6, 6.07) is 7.75. The number of nitrogens with two attached hydrogens (primary N) is 1. The molecule has 2 aromatic heterocycles. The molecule has 9 nitrogen and oxygen atoms in total. The third-order valence-corrected chi connectivity index (χ3v) is 5.53. The predicted octanol–water partition coefficient (Wildman–Crippen LogP) is 3.30. The van der Waals surface area contributed by atoms with Crippen LogP contribution in [0.3, 0.4) is 0 Å². The van der Waals surface area contributed by atoms with Crippen LogP contribution in [0, 0.1) is 5.41 Å². The maximum Gasteiger partial charge on any atom is 0.416 e. The van der Waals surface area contributed by atoms with E-state index >= 15 is 0 Å². The second-order valence-electron chi connectivity index (χ2n) is 8.00. The van der Waals surface area contributed by atoms with E-state index in [-0.39, 0.29) is 29.0 Å². The molecule has 1 aliphatic heterocycles. The number of nitrogen functional groups attached to an aromatic ring is 1. The molecule has 0 saturated carbocycles. The van der Waals surface area contributed by atoms with Crippen molar-refractivity contribution in [2.24, 2.45) is 0 Å². The van der Waals surface area contributed by atoms with Gasteiger partial charge in [0.15, 0.2) is 0 Å². The van der Waals surface area contributed by atoms with Crippen molar-refractivity contribution in [3.8, 4) is 0 Å². The molecule has 0 bridgehead atoms. The average Bonchev–Trinajstić information content (AvgIpc) is 2.84. The van der Waals surface area contributed by atoms with Gasteiger partial charge in [0.25, 0.3) is 5.91 Å². The number of carbonyl (C=O) groups is 1. The summed E-state index contributed by atoms with van der Waals surface area (Å²) in [6.45, 7) is 1.72. The molecule has 1 aliphatic rings. The molecule has 0 spiro atoms. The van der Waals surface area contributed by atoms with Gasteiger partial charge in [0.2, 0.25) is 0 Å². The van der Waals surface area contributed by atoms with E-state index in [1.165, 1.54) is 18.5 Å². The van der Waals surface area contributed by atoms with Crippen molar-refractivity contribution < 1.29 is 18.0 Å². The minimum atomic E-state index is -4.55. The van der Waals surface area contributed by atoms with Crippen LogP contribution in [0.2, 0.25) is 0 Å². The van der Waals surface area contributed by atoms with Crippen molar-refractivity contribution in [2.45, 2.75) is 25.1 Å². The number of nitrogens with one attached hydrogen (secondary N) is 4. The van der Waals surface area contributed by atoms with Crippen molar-refractivity contribution in [2.75, 3.05) is 29.5 Å². The van der Waals surface area contributed by atoms with Gasteiger partial charge in [-0.1, -0.05) is 12.1 Å². The number of halogens is 3. The maximum absolute atomic E-state index is 12.9. The number of rotatable bonds is 6. The Kier molecular flexibility index (Phi) is 6.92. The number of amides is 1. The summed E-state index contributed by atoms with van der Waals surface area (Å²) in [6.07, 6.45) is -0.266. The molecule has 3 heterocycles. The third-order valence-electron chi connectivity index (χ3n) is 5.53. The maximum atomic E-state index is 12.9. The minimum Gasteiger partial charge on any atom is -0.383 e. The lowest BCUT2D eigenvalue weighted by molar-refractivity contribution is -0.137. The summed E-state index contributed by atoms with van der Waals surface area (Å²) in [5.74, 6) is -0.254. The molecular formula is C23H23F3N8O. The van der Waals surface area contributed by atoms with Gasteiger partial charge < -0.3 is 21.7 Å². The van der Waals surface area contributed by atoms with Crippen LogP contribution in [0.15, 0.2) is 48.9 Å². The van der Waals surface area contributed by atoms with Crippen molar-refractivity contribution in [3.63, 3.8) is 0 Å². The number of benzene rings is 1. The number of alkyl halides is 3. The highest BCUT2D eigenvalue weighted by molar-refractivity contribution is 6.16. The number of pyridine rings is 1. The lowest BCUT2D eigenvalue weighted by Crippen LogP contribution is -2.39. The zero-order valence-corrected chi connectivity index (χ0v) is 18.5. The van der Waals surface area contributed by atoms with Crippen LogP contribution >= 0.6 is 0 Å². The molecule has 35 heavy (non-hydrogen) atoms. The topological polar surface area (TPSA) is 142 Å². The average molecular weight is 484 g/mol. The summed E-state index contributed by atoms with van der Waals surface area (Å²) < 4.78 is 38.7. The van der Waals surface area contributed by atoms with Gasteiger partial charge in [-0.05, 0) is 43.7 Å². The van der Waals surface area contributed by atoms with Gasteiger partial charge in [0.05, 0.1) is 16.8 Å². The summed E-state index contributed by atoms with van der Waals surface area (Å²) in [5.41, 5.74) is 6.23. The van der Waals surface area contributed by atoms with Crippen LogP contribution < -0.4 is 21.7 Å². The van der Waals surface area contributed by atoms with E-state index in [2.05, 4.69) is 30.9 Å². The number of nitrogens with zero attached hydrogens (tertiary/aromatic N) is 3. The smallest absolute Gasteiger partial charge is 0.383 e. The molecule has 0 radical (unpaired) electrons. The molecule has 1 unspecified atom stereocenters. The quantitative estimate of drug-likeness (QED) is 0.338. The van der Waals surface area contributed by atoms with Crippen LogP contribution in [-0.2, 0) is 6.18 Å². The zero-order chi connectivity index (χ0) is 25.0. The Balaban J connectivity index is 1.50. The SMILES string of the molecule is N=C(c1ccc(C(=O)Nc2cc(C(F)(F)F)ccn2)cc1)c1c(N)ncnc1NC1CCCNC1. The fourth-order valence-corrected chi connectivity index (χ4v) is 3.72. The van der Waals surface area contributed by atoms with Gasteiger partial charge >= 0.3 is 6.18 Å². The first kappa shape index (κ1) is 24.1. The van der Waals surface area contributed by atoms with Gasteiger partial charge in [-0.2, -0.15) is 13.2 Å². The van der Waals surface area contributed by atoms with Gasteiger partial charge in [-0.3, -0.25) is 10.2 Å². The lowest BCUT2D eigenvalue weighted by Gasteiger charge is -2.25. The van der Waals surface area contributed by atoms with Crippen LogP contribution in [0.1, 0.15) is 39.9 Å². The molecule has 3 aromatic rings. The van der Waals surface area contributed by atoms with Crippen LogP contribution in [0.5, 0.6) is 0 Å². The molecule has 182 valence electrons. The highest BCUT2D eigenvalue weighted by Gasteiger charge is 2.31. The van der Waals surface area contributed by atoms with Crippen LogP contribution in [0.25, 0.3) is 0 Å². The second-order valence-corrected chi connectivity index (χ2v) is 8.00. The van der Waals surface area contributed by atoms with Crippen molar-refractivity contribution in [1.82, 2.24) is 20.3 Å². The van der Waals surface area contributed by atoms with Gasteiger partial charge in [0, 0.05) is 29.9 Å². The van der Waals surface area contributed by atoms with Crippen LogP contribution in [-0.4, -0.2) is 45.7 Å². The summed E-state index contributed by atoms with van der Waals surface area (Å²) >= 11 is 0. The van der Waals surface area contributed by atoms with Crippen LogP contribution in [0.4, 0.5) is 30.6 Å². The standard InChI is InChI=1S/C23H23F3N8O/c24-23(25,26)15-7-9-30-17(10-15)34-22(35)14-5-3-13(4-6-14)19(27)18-20(28)31-12-32-21(18)33-16-2-1-8-29-11-16/h3-7,9-10,12,16,27,29H,1-2,8,11H2,(H,30,34,35)(H3,28,31,32,33). The molecule has 1 aromatic carbocycles. The molecule has 1 saturated heterocycles. The summed E-state index contributed by atoms with van der Waals surface area (Å²) in [5, 5.41) is 17.7. The number of hydrogen-bond acceptors (Lipinski definition) is 8. The number of carbonyl (C=O) groups excluding carboxylic acids is 1. The Morgan fingerprint density at radius 3 is 2.54 bits per heavy atom. The normalized spacial score (nSPS) is 15.9. The van der Waals surface area contributed by atoms with Gasteiger partial charge in [-0.15, -0.1) is 0 Å². The second kappa shape index (κ2) is 10.1. The number of aromatic nitrogens is 3. The Morgan fingerprint density at radius 1 is 1.11 bits per heavy atom. The molecule has 1 fully saturated rings. The Labute approximate surface area is 198 Å². The van der Waals surface area contributed by atoms with E-state index in [9.17, 15) is 18.0 Å². The monoisotopic (exact) mass is 484 g/mol. The minimum absolute atomic E-state index is 0.0703. The van der Waals surface area contributed by atoms with Crippen molar-refractivity contribution >= 4 is 29.1 Å². The fourth-order valence-electron chi connectivity index (χ4n) is 3.72. The highest BCUT2D eigenvalue weighted by atomic mass is 19.4. The molecule has 12 heteroatoms. The molecule has 1 atom stereocenters. The molecule has 6 N–H and O–H groups in total. The summed E-state index contributed by atoms with van der Waals surface area (Å²) in [7, 11) is 0. The van der Waals surface area contributed by atoms with Crippen molar-refractivity contribution in [1.29, 1.82) is 5.41 Å². The van der Waals surface area contributed by atoms with E-state index < -0.39 is 17.6 Å². The third kappa shape index (κ3) is 5.72. The first-order chi connectivity index (χ1) is 16.7. The first-order valence-electron chi connectivity index (χ1n) is 10.8. The number of hydrogen-bond donors (Lipinski definition) is 5. The van der Waals surface area contributed by atoms with Gasteiger partial charge in [-0.25, -0.2) is 15.0 Å². The van der Waals surface area contributed by atoms with E-state index in [1.807, 2.05) is 0 Å². The first-order valence-corrected chi connectivity index (χ1v) is 10.8. The fraction of sp³-hybridized carbons (Fsp3) is 0.261. The van der Waals surface area contributed by atoms with E-state index in [0.717, 1.165) is 44.3 Å². The highest BCUT2D eigenvalue weighted by Crippen LogP contribution is 2.30. The predicted molar refractivity (Wildman–Crippen MR) is 126 cm³/mol. The molecule has 4 rings (SSSR count). The lowest BCUT2D eigenvalue weighted by atomic mass is 10.0. The molecule has 0 aliphatic carbocycles.